The predicted molar refractivity (Wildman–Crippen MR) is 94.5 cm³/mol. The van der Waals surface area contributed by atoms with Crippen LogP contribution in [-0.4, -0.2) is 32.2 Å². The van der Waals surface area contributed by atoms with E-state index in [0.29, 0.717) is 27.8 Å². The van der Waals surface area contributed by atoms with Crippen molar-refractivity contribution in [1.29, 1.82) is 0 Å². The zero-order chi connectivity index (χ0) is 18.4. The summed E-state index contributed by atoms with van der Waals surface area (Å²) >= 11 is 5.94. The van der Waals surface area contributed by atoms with Crippen molar-refractivity contribution >= 4 is 29.2 Å². The van der Waals surface area contributed by atoms with Crippen LogP contribution in [0.3, 0.4) is 0 Å². The Bertz CT molecular complexity index is 761. The number of nitrogens with one attached hydrogen (secondary N) is 1. The molecule has 2 aromatic rings. The summed E-state index contributed by atoms with van der Waals surface area (Å²) in [6.07, 6.45) is -0.771. The normalized spacial score (nSPS) is 11.4. The van der Waals surface area contributed by atoms with Crippen molar-refractivity contribution in [3.8, 4) is 11.5 Å². The van der Waals surface area contributed by atoms with Crippen LogP contribution in [0, 0.1) is 0 Å². The van der Waals surface area contributed by atoms with Crippen molar-refractivity contribution < 1.29 is 23.8 Å². The van der Waals surface area contributed by atoms with Crippen LogP contribution < -0.4 is 14.8 Å². The maximum Gasteiger partial charge on any atom is 0.337 e. The second-order valence-electron chi connectivity index (χ2n) is 5.11. The molecule has 0 unspecified atom stereocenters. The number of ether oxygens (including phenoxy) is 3. The van der Waals surface area contributed by atoms with Gasteiger partial charge >= 0.3 is 5.97 Å². The largest absolute Gasteiger partial charge is 0.495 e. The first-order chi connectivity index (χ1) is 11.9. The number of rotatable bonds is 6. The second kappa shape index (κ2) is 8.39. The molecule has 2 aromatic carbocycles. The second-order valence-corrected chi connectivity index (χ2v) is 5.55. The lowest BCUT2D eigenvalue weighted by Gasteiger charge is -2.16. The fraction of sp³-hybridized carbons (Fsp3) is 0.222. The summed E-state index contributed by atoms with van der Waals surface area (Å²) in [7, 11) is 2.81. The van der Waals surface area contributed by atoms with E-state index >= 15 is 0 Å². The van der Waals surface area contributed by atoms with Crippen LogP contribution in [-0.2, 0) is 9.53 Å². The monoisotopic (exact) mass is 363 g/mol. The number of carbonyl (C=O) groups excluding carboxylic acids is 2. The summed E-state index contributed by atoms with van der Waals surface area (Å²) in [4.78, 5) is 23.7. The molecule has 0 bridgehead atoms. The zero-order valence-electron chi connectivity index (χ0n) is 14.0. The first-order valence-corrected chi connectivity index (χ1v) is 7.82. The Kier molecular flexibility index (Phi) is 6.25. The Morgan fingerprint density at radius 1 is 1.08 bits per heavy atom. The summed E-state index contributed by atoms with van der Waals surface area (Å²) in [6.45, 7) is 1.61. The van der Waals surface area contributed by atoms with Gasteiger partial charge in [0.05, 0.1) is 25.5 Å². The smallest absolute Gasteiger partial charge is 0.337 e. The molecular weight excluding hydrogens is 346 g/mol. The van der Waals surface area contributed by atoms with Gasteiger partial charge in [-0.1, -0.05) is 11.6 Å². The summed E-state index contributed by atoms with van der Waals surface area (Å²) in [5.74, 6) is 0.142. The predicted octanol–water partition coefficient (Wildman–Crippen LogP) is 3.54. The van der Waals surface area contributed by atoms with Gasteiger partial charge < -0.3 is 19.5 Å². The highest BCUT2D eigenvalue weighted by molar-refractivity contribution is 6.31. The average molecular weight is 364 g/mol. The van der Waals surface area contributed by atoms with E-state index in [1.807, 2.05) is 0 Å². The molecule has 0 radical (unpaired) electrons. The van der Waals surface area contributed by atoms with Gasteiger partial charge in [-0.05, 0) is 49.4 Å². The molecule has 0 saturated heterocycles. The molecule has 1 N–H and O–H groups in total. The third kappa shape index (κ3) is 4.87. The SMILES string of the molecule is COC(=O)c1ccc(O[C@@H](C)C(=O)Nc2cc(Cl)ccc2OC)cc1. The van der Waals surface area contributed by atoms with E-state index in [2.05, 4.69) is 10.1 Å². The molecular formula is C18H18ClNO5. The number of benzene rings is 2. The van der Waals surface area contributed by atoms with Gasteiger partial charge in [-0.25, -0.2) is 4.79 Å². The summed E-state index contributed by atoms with van der Waals surface area (Å²) in [5.41, 5.74) is 0.854. The van der Waals surface area contributed by atoms with Crippen molar-refractivity contribution in [2.75, 3.05) is 19.5 Å². The van der Waals surface area contributed by atoms with E-state index in [1.165, 1.54) is 14.2 Å². The van der Waals surface area contributed by atoms with Gasteiger partial charge in [-0.15, -0.1) is 0 Å². The number of methoxy groups -OCH3 is 2. The van der Waals surface area contributed by atoms with Crippen LogP contribution in [0.5, 0.6) is 11.5 Å². The number of halogens is 1. The molecule has 1 amide bonds. The topological polar surface area (TPSA) is 73.9 Å². The lowest BCUT2D eigenvalue weighted by molar-refractivity contribution is -0.122. The number of anilines is 1. The third-order valence-corrected chi connectivity index (χ3v) is 3.61. The maximum absolute atomic E-state index is 12.3. The molecule has 25 heavy (non-hydrogen) atoms. The van der Waals surface area contributed by atoms with Crippen molar-refractivity contribution in [1.82, 2.24) is 0 Å². The highest BCUT2D eigenvalue weighted by Crippen LogP contribution is 2.28. The van der Waals surface area contributed by atoms with Gasteiger partial charge in [0.15, 0.2) is 6.10 Å². The van der Waals surface area contributed by atoms with Gasteiger partial charge in [0, 0.05) is 5.02 Å². The Morgan fingerprint density at radius 2 is 1.76 bits per heavy atom. The zero-order valence-corrected chi connectivity index (χ0v) is 14.8. The maximum atomic E-state index is 12.3. The molecule has 0 aliphatic rings. The molecule has 0 heterocycles. The van der Waals surface area contributed by atoms with E-state index in [4.69, 9.17) is 21.1 Å². The minimum Gasteiger partial charge on any atom is -0.495 e. The number of esters is 1. The Balaban J connectivity index is 2.03. The summed E-state index contributed by atoms with van der Waals surface area (Å²) in [6, 6.07) is 11.2. The Labute approximate surface area is 150 Å². The van der Waals surface area contributed by atoms with Crippen molar-refractivity contribution in [2.45, 2.75) is 13.0 Å². The van der Waals surface area contributed by atoms with Crippen LogP contribution in [0.25, 0.3) is 0 Å². The molecule has 0 spiro atoms. The lowest BCUT2D eigenvalue weighted by Crippen LogP contribution is -2.30. The van der Waals surface area contributed by atoms with Gasteiger partial charge in [-0.3, -0.25) is 4.79 Å². The van der Waals surface area contributed by atoms with Crippen LogP contribution in [0.2, 0.25) is 5.02 Å². The standard InChI is InChI=1S/C18H18ClNO5/c1-11(25-14-7-4-12(5-8-14)18(22)24-3)17(21)20-15-10-13(19)6-9-16(15)23-2/h4-11H,1-3H3,(H,20,21)/t11-/m0/s1. The van der Waals surface area contributed by atoms with Gasteiger partial charge in [0.2, 0.25) is 0 Å². The van der Waals surface area contributed by atoms with E-state index < -0.39 is 12.1 Å². The molecule has 2 rings (SSSR count). The number of carbonyl (C=O) groups is 2. The van der Waals surface area contributed by atoms with Crippen molar-refractivity contribution in [3.05, 3.63) is 53.1 Å². The Hall–Kier alpha value is -2.73. The molecule has 132 valence electrons. The molecule has 6 nitrogen and oxygen atoms in total. The summed E-state index contributed by atoms with van der Waals surface area (Å²) in [5, 5.41) is 3.19. The van der Waals surface area contributed by atoms with Crippen LogP contribution >= 0.6 is 11.6 Å². The highest BCUT2D eigenvalue weighted by Gasteiger charge is 2.17. The third-order valence-electron chi connectivity index (χ3n) is 3.38. The van der Waals surface area contributed by atoms with E-state index in [-0.39, 0.29) is 5.91 Å². The van der Waals surface area contributed by atoms with Crippen molar-refractivity contribution in [3.63, 3.8) is 0 Å². The quantitative estimate of drug-likeness (QED) is 0.794. The van der Waals surface area contributed by atoms with E-state index in [9.17, 15) is 9.59 Å². The molecule has 0 aliphatic heterocycles. The van der Waals surface area contributed by atoms with E-state index in [0.717, 1.165) is 0 Å². The van der Waals surface area contributed by atoms with Crippen molar-refractivity contribution in [2.24, 2.45) is 0 Å². The van der Waals surface area contributed by atoms with Gasteiger partial charge in [0.25, 0.3) is 5.91 Å². The summed E-state index contributed by atoms with van der Waals surface area (Å²) < 4.78 is 15.4. The number of hydrogen-bond donors (Lipinski definition) is 1. The van der Waals surface area contributed by atoms with Gasteiger partial charge in [0.1, 0.15) is 11.5 Å². The number of hydrogen-bond acceptors (Lipinski definition) is 5. The molecule has 0 saturated carbocycles. The van der Waals surface area contributed by atoms with Gasteiger partial charge in [-0.2, -0.15) is 0 Å². The fourth-order valence-corrected chi connectivity index (χ4v) is 2.23. The van der Waals surface area contributed by atoms with Crippen LogP contribution in [0.15, 0.2) is 42.5 Å². The fourth-order valence-electron chi connectivity index (χ4n) is 2.06. The lowest BCUT2D eigenvalue weighted by atomic mass is 10.2. The molecule has 0 aromatic heterocycles. The minimum absolute atomic E-state index is 0.363. The van der Waals surface area contributed by atoms with E-state index in [1.54, 1.807) is 49.4 Å². The average Bonchev–Trinajstić information content (AvgIpc) is 2.61. The molecule has 1 atom stereocenters. The van der Waals surface area contributed by atoms with Crippen LogP contribution in [0.4, 0.5) is 5.69 Å². The highest BCUT2D eigenvalue weighted by atomic mass is 35.5. The molecule has 0 fully saturated rings. The first kappa shape index (κ1) is 18.6. The first-order valence-electron chi connectivity index (χ1n) is 7.44. The van der Waals surface area contributed by atoms with Crippen LogP contribution in [0.1, 0.15) is 17.3 Å². The Morgan fingerprint density at radius 3 is 2.36 bits per heavy atom. The minimum atomic E-state index is -0.771. The number of amides is 1. The molecule has 7 heteroatoms. The molecule has 0 aliphatic carbocycles.